The topological polar surface area (TPSA) is 104 Å². The number of nitrogens with one attached hydrogen (secondary N) is 1. The van der Waals surface area contributed by atoms with Gasteiger partial charge in [-0.1, -0.05) is 30.3 Å². The maximum atomic E-state index is 12.0. The number of aliphatic hydroxyl groups excluding tert-OH is 1. The van der Waals surface area contributed by atoms with Crippen molar-refractivity contribution in [2.45, 2.75) is 10.3 Å². The zero-order chi connectivity index (χ0) is 15.5. The fraction of sp³-hybridized carbons (Fsp3) is 0.154. The molecule has 0 spiro atoms. The number of benzene rings is 1. The minimum absolute atomic E-state index is 0.0565. The van der Waals surface area contributed by atoms with Crippen LogP contribution in [0.3, 0.4) is 0 Å². The summed E-state index contributed by atoms with van der Waals surface area (Å²) >= 11 is 0.664. The number of sulfonamides is 1. The summed E-state index contributed by atoms with van der Waals surface area (Å²) in [6.07, 6.45) is -0.972. The molecule has 2 rings (SSSR count). The Balaban J connectivity index is 2.06. The molecule has 0 aliphatic heterocycles. The molecule has 1 unspecified atom stereocenters. The molecule has 1 atom stereocenters. The molecule has 0 saturated heterocycles. The summed E-state index contributed by atoms with van der Waals surface area (Å²) in [5, 5.41) is 18.7. The largest absolute Gasteiger partial charge is 0.477 e. The molecular formula is C13H13NO5S2. The molecule has 0 amide bonds. The number of carboxylic acids is 1. The van der Waals surface area contributed by atoms with E-state index in [-0.39, 0.29) is 15.6 Å². The number of hydrogen-bond acceptors (Lipinski definition) is 5. The van der Waals surface area contributed by atoms with Crippen LogP contribution in [0.25, 0.3) is 0 Å². The number of carbonyl (C=O) groups is 1. The molecule has 112 valence electrons. The van der Waals surface area contributed by atoms with Gasteiger partial charge in [0.25, 0.3) is 0 Å². The fourth-order valence-corrected chi connectivity index (χ4v) is 3.86. The maximum Gasteiger partial charge on any atom is 0.345 e. The Labute approximate surface area is 125 Å². The molecule has 0 saturated carbocycles. The van der Waals surface area contributed by atoms with Gasteiger partial charge in [0.1, 0.15) is 9.09 Å². The molecule has 21 heavy (non-hydrogen) atoms. The average molecular weight is 327 g/mol. The first kappa shape index (κ1) is 15.6. The van der Waals surface area contributed by atoms with Crippen molar-refractivity contribution in [3.63, 3.8) is 0 Å². The summed E-state index contributed by atoms with van der Waals surface area (Å²) in [6, 6.07) is 11.1. The smallest absolute Gasteiger partial charge is 0.345 e. The van der Waals surface area contributed by atoms with Gasteiger partial charge in [-0.05, 0) is 17.7 Å². The van der Waals surface area contributed by atoms with Crippen LogP contribution < -0.4 is 4.72 Å². The fourth-order valence-electron chi connectivity index (χ4n) is 1.63. The lowest BCUT2D eigenvalue weighted by Gasteiger charge is -2.11. The van der Waals surface area contributed by atoms with Gasteiger partial charge in [-0.3, -0.25) is 0 Å². The van der Waals surface area contributed by atoms with Crippen LogP contribution in [-0.2, 0) is 10.0 Å². The van der Waals surface area contributed by atoms with Gasteiger partial charge in [-0.2, -0.15) is 0 Å². The molecule has 2 aromatic rings. The van der Waals surface area contributed by atoms with Crippen LogP contribution in [0.2, 0.25) is 0 Å². The standard InChI is InChI=1S/C13H13NO5S2/c15-10(9-4-2-1-3-5-9)8-14-21(18,19)12-7-6-11(20-12)13(16)17/h1-7,10,14-15H,8H2,(H,16,17). The number of aliphatic hydroxyl groups is 1. The van der Waals surface area contributed by atoms with Gasteiger partial charge in [-0.15, -0.1) is 11.3 Å². The quantitative estimate of drug-likeness (QED) is 0.745. The maximum absolute atomic E-state index is 12.0. The molecule has 1 aromatic heterocycles. The van der Waals surface area contributed by atoms with Crippen LogP contribution >= 0.6 is 11.3 Å². The van der Waals surface area contributed by atoms with Crippen LogP contribution in [0.5, 0.6) is 0 Å². The van der Waals surface area contributed by atoms with Gasteiger partial charge in [0.2, 0.25) is 10.0 Å². The molecule has 8 heteroatoms. The van der Waals surface area contributed by atoms with Crippen LogP contribution in [-0.4, -0.2) is 31.1 Å². The Morgan fingerprint density at radius 3 is 2.43 bits per heavy atom. The summed E-state index contributed by atoms with van der Waals surface area (Å²) in [7, 11) is -3.83. The molecule has 0 bridgehead atoms. The van der Waals surface area contributed by atoms with Gasteiger partial charge in [0, 0.05) is 6.54 Å². The van der Waals surface area contributed by atoms with Crippen LogP contribution in [0.4, 0.5) is 0 Å². The lowest BCUT2D eigenvalue weighted by molar-refractivity contribution is 0.0702. The average Bonchev–Trinajstić information content (AvgIpc) is 2.97. The lowest BCUT2D eigenvalue weighted by atomic mass is 10.1. The van der Waals surface area contributed by atoms with Gasteiger partial charge >= 0.3 is 5.97 Å². The SMILES string of the molecule is O=C(O)c1ccc(S(=O)(=O)NCC(O)c2ccccc2)s1. The Morgan fingerprint density at radius 2 is 1.86 bits per heavy atom. The molecule has 0 radical (unpaired) electrons. The summed E-state index contributed by atoms with van der Waals surface area (Å²) < 4.78 is 26.2. The normalized spacial score (nSPS) is 13.0. The monoisotopic (exact) mass is 327 g/mol. The zero-order valence-corrected chi connectivity index (χ0v) is 12.4. The third-order valence-corrected chi connectivity index (χ3v) is 5.70. The predicted octanol–water partition coefficient (Wildman–Crippen LogP) is 1.46. The number of hydrogen-bond donors (Lipinski definition) is 3. The highest BCUT2D eigenvalue weighted by Gasteiger charge is 2.20. The summed E-state index contributed by atoms with van der Waals surface area (Å²) in [5.41, 5.74) is 0.595. The molecule has 0 aliphatic carbocycles. The lowest BCUT2D eigenvalue weighted by Crippen LogP contribution is -2.28. The predicted molar refractivity (Wildman–Crippen MR) is 77.9 cm³/mol. The first-order chi connectivity index (χ1) is 9.90. The number of thiophene rings is 1. The van der Waals surface area contributed by atoms with Crippen molar-refractivity contribution in [1.29, 1.82) is 0 Å². The highest BCUT2D eigenvalue weighted by Crippen LogP contribution is 2.22. The minimum Gasteiger partial charge on any atom is -0.477 e. The molecule has 1 aromatic carbocycles. The Morgan fingerprint density at radius 1 is 1.19 bits per heavy atom. The zero-order valence-electron chi connectivity index (χ0n) is 10.8. The molecular weight excluding hydrogens is 314 g/mol. The second kappa shape index (κ2) is 6.35. The van der Waals surface area contributed by atoms with E-state index in [9.17, 15) is 18.3 Å². The van der Waals surface area contributed by atoms with E-state index in [1.807, 2.05) is 0 Å². The van der Waals surface area contributed by atoms with Crippen molar-refractivity contribution in [2.24, 2.45) is 0 Å². The third kappa shape index (κ3) is 3.88. The number of aromatic carboxylic acids is 1. The van der Waals surface area contributed by atoms with E-state index in [0.29, 0.717) is 16.9 Å². The third-order valence-electron chi connectivity index (χ3n) is 2.71. The highest BCUT2D eigenvalue weighted by atomic mass is 32.2. The Bertz CT molecular complexity index is 724. The van der Waals surface area contributed by atoms with E-state index < -0.39 is 22.1 Å². The van der Waals surface area contributed by atoms with Crippen LogP contribution in [0.1, 0.15) is 21.3 Å². The van der Waals surface area contributed by atoms with Crippen molar-refractivity contribution in [1.82, 2.24) is 4.72 Å². The highest BCUT2D eigenvalue weighted by molar-refractivity contribution is 7.91. The van der Waals surface area contributed by atoms with Gasteiger partial charge < -0.3 is 10.2 Å². The minimum atomic E-state index is -3.83. The first-order valence-electron chi connectivity index (χ1n) is 5.96. The van der Waals surface area contributed by atoms with Crippen LogP contribution in [0.15, 0.2) is 46.7 Å². The van der Waals surface area contributed by atoms with Crippen molar-refractivity contribution in [2.75, 3.05) is 6.54 Å². The first-order valence-corrected chi connectivity index (χ1v) is 8.26. The second-order valence-corrected chi connectivity index (χ2v) is 7.28. The molecule has 6 nitrogen and oxygen atoms in total. The van der Waals surface area contributed by atoms with E-state index in [1.54, 1.807) is 30.3 Å². The van der Waals surface area contributed by atoms with Gasteiger partial charge in [-0.25, -0.2) is 17.9 Å². The molecule has 3 N–H and O–H groups in total. The van der Waals surface area contributed by atoms with E-state index in [1.165, 1.54) is 12.1 Å². The Hall–Kier alpha value is -1.74. The van der Waals surface area contributed by atoms with E-state index >= 15 is 0 Å². The van der Waals surface area contributed by atoms with E-state index in [4.69, 9.17) is 5.11 Å². The summed E-state index contributed by atoms with van der Waals surface area (Å²) in [4.78, 5) is 10.7. The summed E-state index contributed by atoms with van der Waals surface area (Å²) in [5.74, 6) is -1.18. The number of carboxylic acid groups (broad SMARTS) is 1. The second-order valence-electron chi connectivity index (χ2n) is 4.20. The van der Waals surface area contributed by atoms with E-state index in [0.717, 1.165) is 0 Å². The van der Waals surface area contributed by atoms with Crippen LogP contribution in [0, 0.1) is 0 Å². The molecule has 1 heterocycles. The van der Waals surface area contributed by atoms with Crippen molar-refractivity contribution < 1.29 is 23.4 Å². The number of rotatable bonds is 6. The van der Waals surface area contributed by atoms with Gasteiger partial charge in [0.05, 0.1) is 6.10 Å². The van der Waals surface area contributed by atoms with E-state index in [2.05, 4.69) is 4.72 Å². The van der Waals surface area contributed by atoms with Crippen molar-refractivity contribution in [3.05, 3.63) is 52.9 Å². The van der Waals surface area contributed by atoms with Crippen molar-refractivity contribution in [3.8, 4) is 0 Å². The summed E-state index contributed by atoms with van der Waals surface area (Å²) in [6.45, 7) is -0.188. The van der Waals surface area contributed by atoms with Crippen molar-refractivity contribution >= 4 is 27.3 Å². The molecule has 0 aliphatic rings. The van der Waals surface area contributed by atoms with Gasteiger partial charge in [0.15, 0.2) is 0 Å². The Kier molecular flexibility index (Phi) is 4.73. The molecule has 0 fully saturated rings.